The van der Waals surface area contributed by atoms with Gasteiger partial charge in [-0.2, -0.15) is 0 Å². The number of carbonyl (C=O) groups excluding carboxylic acids is 1. The molecule has 0 heterocycles. The monoisotopic (exact) mass is 277 g/mol. The van der Waals surface area contributed by atoms with Crippen molar-refractivity contribution < 1.29 is 14.7 Å². The molecule has 0 unspecified atom stereocenters. The van der Waals surface area contributed by atoms with E-state index in [1.54, 1.807) is 24.3 Å². The summed E-state index contributed by atoms with van der Waals surface area (Å²) in [5, 5.41) is 14.6. The van der Waals surface area contributed by atoms with E-state index in [2.05, 4.69) is 10.6 Å². The van der Waals surface area contributed by atoms with Gasteiger partial charge in [0.25, 0.3) is 0 Å². The van der Waals surface area contributed by atoms with Crippen molar-refractivity contribution in [2.75, 3.05) is 11.1 Å². The Hall–Kier alpha value is -2.24. The molecule has 1 aromatic rings. The minimum absolute atomic E-state index is 0.440. The molecule has 0 spiro atoms. The number of benzene rings is 1. The van der Waals surface area contributed by atoms with Crippen molar-refractivity contribution in [3.8, 4) is 0 Å². The second-order valence-electron chi connectivity index (χ2n) is 5.11. The zero-order valence-electron chi connectivity index (χ0n) is 11.2. The van der Waals surface area contributed by atoms with Gasteiger partial charge < -0.3 is 21.5 Å². The Morgan fingerprint density at radius 3 is 2.40 bits per heavy atom. The van der Waals surface area contributed by atoms with Crippen LogP contribution >= 0.6 is 0 Å². The number of hydrogen-bond acceptors (Lipinski definition) is 3. The second-order valence-corrected chi connectivity index (χ2v) is 5.11. The topological polar surface area (TPSA) is 104 Å². The summed E-state index contributed by atoms with van der Waals surface area (Å²) in [4.78, 5) is 23.5. The molecule has 1 aliphatic carbocycles. The number of carbonyl (C=O) groups is 2. The number of hydrogen-bond donors (Lipinski definition) is 4. The van der Waals surface area contributed by atoms with Crippen molar-refractivity contribution in [1.29, 1.82) is 0 Å². The summed E-state index contributed by atoms with van der Waals surface area (Å²) in [6.07, 6.45) is 3.53. The Balaban J connectivity index is 2.06. The second kappa shape index (κ2) is 5.81. The molecule has 5 N–H and O–H groups in total. The first-order chi connectivity index (χ1) is 9.53. The molecule has 0 aliphatic heterocycles. The highest BCUT2D eigenvalue weighted by Crippen LogP contribution is 2.28. The van der Waals surface area contributed by atoms with E-state index in [4.69, 9.17) is 5.73 Å². The van der Waals surface area contributed by atoms with E-state index >= 15 is 0 Å². The molecule has 6 nitrogen and oxygen atoms in total. The first-order valence-corrected chi connectivity index (χ1v) is 6.70. The zero-order chi connectivity index (χ0) is 14.6. The fourth-order valence-corrected chi connectivity index (χ4v) is 2.53. The third kappa shape index (κ3) is 3.01. The van der Waals surface area contributed by atoms with Crippen molar-refractivity contribution in [1.82, 2.24) is 5.32 Å². The molecule has 1 aromatic carbocycles. The van der Waals surface area contributed by atoms with Crippen LogP contribution in [0.3, 0.4) is 0 Å². The molecule has 2 rings (SSSR count). The fourth-order valence-electron chi connectivity index (χ4n) is 2.53. The van der Waals surface area contributed by atoms with Crippen LogP contribution in [0.25, 0.3) is 0 Å². The highest BCUT2D eigenvalue weighted by Gasteiger charge is 2.41. The van der Waals surface area contributed by atoms with Crippen LogP contribution < -0.4 is 16.4 Å². The number of nitrogens with two attached hydrogens (primary N) is 1. The summed E-state index contributed by atoms with van der Waals surface area (Å²) < 4.78 is 0. The van der Waals surface area contributed by atoms with Gasteiger partial charge in [0.2, 0.25) is 0 Å². The molecule has 0 saturated heterocycles. The Morgan fingerprint density at radius 1 is 1.15 bits per heavy atom. The smallest absolute Gasteiger partial charge is 0.329 e. The lowest BCUT2D eigenvalue weighted by Crippen LogP contribution is -2.56. The molecule has 20 heavy (non-hydrogen) atoms. The van der Waals surface area contributed by atoms with Gasteiger partial charge in [-0.15, -0.1) is 0 Å². The third-order valence-corrected chi connectivity index (χ3v) is 3.68. The van der Waals surface area contributed by atoms with Crippen LogP contribution in [0.1, 0.15) is 32.1 Å². The molecule has 2 amide bonds. The molecule has 0 radical (unpaired) electrons. The molecule has 108 valence electrons. The normalized spacial score (nSPS) is 17.2. The number of carboxylic acid groups (broad SMARTS) is 1. The molecule has 0 bridgehead atoms. The fraction of sp³-hybridized carbons (Fsp3) is 0.429. The Labute approximate surface area is 117 Å². The Kier molecular flexibility index (Phi) is 4.12. The van der Waals surface area contributed by atoms with Crippen molar-refractivity contribution in [2.45, 2.75) is 37.6 Å². The van der Waals surface area contributed by atoms with Crippen LogP contribution in [0, 0.1) is 0 Å². The van der Waals surface area contributed by atoms with Gasteiger partial charge in [0, 0.05) is 0 Å². The lowest BCUT2D eigenvalue weighted by atomic mass is 9.82. The first-order valence-electron chi connectivity index (χ1n) is 6.70. The molecule has 1 fully saturated rings. The predicted molar refractivity (Wildman–Crippen MR) is 76.5 cm³/mol. The lowest BCUT2D eigenvalue weighted by molar-refractivity contribution is -0.145. The number of carboxylic acids is 1. The van der Waals surface area contributed by atoms with Crippen LogP contribution in [0.15, 0.2) is 24.3 Å². The SMILES string of the molecule is Nc1ccccc1NC(=O)NC1(C(=O)O)CCCCC1. The Morgan fingerprint density at radius 2 is 1.80 bits per heavy atom. The van der Waals surface area contributed by atoms with Gasteiger partial charge in [0.15, 0.2) is 0 Å². The van der Waals surface area contributed by atoms with E-state index in [-0.39, 0.29) is 0 Å². The zero-order valence-corrected chi connectivity index (χ0v) is 11.2. The molecule has 0 aromatic heterocycles. The van der Waals surface area contributed by atoms with Gasteiger partial charge in [-0.05, 0) is 25.0 Å². The number of aliphatic carboxylic acids is 1. The van der Waals surface area contributed by atoms with Crippen LogP contribution in [0.5, 0.6) is 0 Å². The van der Waals surface area contributed by atoms with E-state index in [0.29, 0.717) is 24.2 Å². The number of nitrogens with one attached hydrogen (secondary N) is 2. The number of urea groups is 1. The van der Waals surface area contributed by atoms with Gasteiger partial charge in [-0.1, -0.05) is 31.4 Å². The average molecular weight is 277 g/mol. The highest BCUT2D eigenvalue weighted by molar-refractivity contribution is 5.96. The van der Waals surface area contributed by atoms with Crippen LogP contribution in [-0.4, -0.2) is 22.6 Å². The van der Waals surface area contributed by atoms with Gasteiger partial charge >= 0.3 is 12.0 Å². The van der Waals surface area contributed by atoms with Crippen LogP contribution in [-0.2, 0) is 4.79 Å². The summed E-state index contributed by atoms with van der Waals surface area (Å²) >= 11 is 0. The lowest BCUT2D eigenvalue weighted by Gasteiger charge is -2.33. The summed E-state index contributed by atoms with van der Waals surface area (Å²) in [5.74, 6) is -0.978. The standard InChI is InChI=1S/C14H19N3O3/c15-10-6-2-3-7-11(10)16-13(20)17-14(12(18)19)8-4-1-5-9-14/h2-3,6-7H,1,4-5,8-9,15H2,(H,18,19)(H2,16,17,20). The molecule has 0 atom stereocenters. The summed E-state index contributed by atoms with van der Waals surface area (Å²) in [5.41, 5.74) is 5.49. The number of amides is 2. The van der Waals surface area contributed by atoms with E-state index in [9.17, 15) is 14.7 Å². The molecule has 6 heteroatoms. The van der Waals surface area contributed by atoms with Crippen LogP contribution in [0.2, 0.25) is 0 Å². The minimum Gasteiger partial charge on any atom is -0.480 e. The molecule has 1 aliphatic rings. The van der Waals surface area contributed by atoms with Gasteiger partial charge in [-0.25, -0.2) is 9.59 Å². The largest absolute Gasteiger partial charge is 0.480 e. The van der Waals surface area contributed by atoms with E-state index in [1.165, 1.54) is 0 Å². The molecule has 1 saturated carbocycles. The van der Waals surface area contributed by atoms with E-state index < -0.39 is 17.5 Å². The van der Waals surface area contributed by atoms with Gasteiger partial charge in [-0.3, -0.25) is 0 Å². The van der Waals surface area contributed by atoms with Crippen molar-refractivity contribution in [3.63, 3.8) is 0 Å². The average Bonchev–Trinajstić information content (AvgIpc) is 2.42. The quantitative estimate of drug-likeness (QED) is 0.635. The summed E-state index contributed by atoms with van der Waals surface area (Å²) in [7, 11) is 0. The number of nitrogen functional groups attached to an aromatic ring is 1. The highest BCUT2D eigenvalue weighted by atomic mass is 16.4. The minimum atomic E-state index is -1.16. The van der Waals surface area contributed by atoms with Crippen molar-refractivity contribution >= 4 is 23.4 Å². The first kappa shape index (κ1) is 14.2. The number of para-hydroxylation sites is 2. The summed E-state index contributed by atoms with van der Waals surface area (Å²) in [6, 6.07) is 6.32. The molecular weight excluding hydrogens is 258 g/mol. The maximum atomic E-state index is 12.0. The number of rotatable bonds is 3. The van der Waals surface area contributed by atoms with Crippen LogP contribution in [0.4, 0.5) is 16.2 Å². The Bertz CT molecular complexity index is 510. The van der Waals surface area contributed by atoms with E-state index in [0.717, 1.165) is 19.3 Å². The predicted octanol–water partition coefficient (Wildman–Crippen LogP) is 2.18. The van der Waals surface area contributed by atoms with E-state index in [1.807, 2.05) is 0 Å². The van der Waals surface area contributed by atoms with Gasteiger partial charge in [0.1, 0.15) is 5.54 Å². The van der Waals surface area contributed by atoms with Crippen molar-refractivity contribution in [3.05, 3.63) is 24.3 Å². The maximum Gasteiger partial charge on any atom is 0.329 e. The van der Waals surface area contributed by atoms with Crippen molar-refractivity contribution in [2.24, 2.45) is 0 Å². The van der Waals surface area contributed by atoms with Gasteiger partial charge in [0.05, 0.1) is 11.4 Å². The maximum absolute atomic E-state index is 12.0. The summed E-state index contributed by atoms with van der Waals surface area (Å²) in [6.45, 7) is 0. The molecular formula is C14H19N3O3. The number of anilines is 2. The third-order valence-electron chi connectivity index (χ3n) is 3.68.